The second-order valence-corrected chi connectivity index (χ2v) is 8.42. The Kier molecular flexibility index (Phi) is 5.84. The summed E-state index contributed by atoms with van der Waals surface area (Å²) in [6.07, 6.45) is 1.65. The van der Waals surface area contributed by atoms with Crippen LogP contribution in [-0.4, -0.2) is 35.4 Å². The number of benzene rings is 2. The van der Waals surface area contributed by atoms with E-state index in [1.165, 1.54) is 13.6 Å². The molecular weight excluding hydrogens is 462 g/mol. The van der Waals surface area contributed by atoms with Gasteiger partial charge in [0.2, 0.25) is 5.91 Å². The van der Waals surface area contributed by atoms with Gasteiger partial charge in [0.05, 0.1) is 17.6 Å². The van der Waals surface area contributed by atoms with Crippen LogP contribution < -0.4 is 11.0 Å². The van der Waals surface area contributed by atoms with Gasteiger partial charge in [-0.25, -0.2) is 14.5 Å². The molecule has 0 aliphatic rings. The van der Waals surface area contributed by atoms with Crippen LogP contribution in [0.15, 0.2) is 82.9 Å². The smallest absolute Gasteiger partial charge is 0.325 e. The molecule has 172 valence electrons. The van der Waals surface area contributed by atoms with Crippen molar-refractivity contribution in [3.8, 4) is 0 Å². The lowest BCUT2D eigenvalue weighted by molar-refractivity contribution is -0.116. The number of alkyl halides is 2. The number of fused-ring (bicyclic) bond motifs is 2. The number of rotatable bonds is 7. The van der Waals surface area contributed by atoms with Crippen LogP contribution in [0.25, 0.3) is 16.7 Å². The zero-order chi connectivity index (χ0) is 23.7. The fraction of sp³-hybridized carbons (Fsp3) is 0.130. The molecule has 8 nitrogen and oxygen atoms in total. The number of pyridine rings is 1. The summed E-state index contributed by atoms with van der Waals surface area (Å²) in [5.41, 5.74) is 2.71. The van der Waals surface area contributed by atoms with Crippen LogP contribution in [0.2, 0.25) is 0 Å². The number of anilines is 1. The van der Waals surface area contributed by atoms with E-state index in [0.717, 1.165) is 5.56 Å². The summed E-state index contributed by atoms with van der Waals surface area (Å²) < 4.78 is 30.3. The van der Waals surface area contributed by atoms with Crippen LogP contribution in [-0.2, 0) is 17.9 Å². The van der Waals surface area contributed by atoms with Crippen molar-refractivity contribution < 1.29 is 13.6 Å². The van der Waals surface area contributed by atoms with Gasteiger partial charge in [0.15, 0.2) is 10.8 Å². The van der Waals surface area contributed by atoms with E-state index in [1.807, 2.05) is 6.07 Å². The normalized spacial score (nSPS) is 11.5. The number of hydrogen-bond donors (Lipinski definition) is 1. The van der Waals surface area contributed by atoms with Crippen LogP contribution in [0, 0.1) is 0 Å². The molecule has 0 saturated heterocycles. The van der Waals surface area contributed by atoms with E-state index in [4.69, 9.17) is 0 Å². The molecule has 0 spiro atoms. The fourth-order valence-electron chi connectivity index (χ4n) is 3.71. The number of para-hydroxylation sites is 2. The molecule has 0 radical (unpaired) electrons. The average Bonchev–Trinajstić information content (AvgIpc) is 3.31. The second-order valence-electron chi connectivity index (χ2n) is 7.47. The third-order valence-electron chi connectivity index (χ3n) is 5.15. The molecule has 1 amide bonds. The number of imidazole rings is 1. The van der Waals surface area contributed by atoms with Crippen molar-refractivity contribution in [2.45, 2.75) is 24.0 Å². The molecule has 0 atom stereocenters. The number of carbonyl (C=O) groups is 1. The highest BCUT2D eigenvalue weighted by Gasteiger charge is 2.18. The topological polar surface area (TPSA) is 86.2 Å². The molecule has 34 heavy (non-hydrogen) atoms. The Balaban J connectivity index is 1.35. The third kappa shape index (κ3) is 4.42. The first-order chi connectivity index (χ1) is 16.5. The highest BCUT2D eigenvalue weighted by atomic mass is 32.2. The molecular formula is C23H18F2N6O2S. The number of halogens is 2. The molecule has 3 aromatic heterocycles. The van der Waals surface area contributed by atoms with Crippen LogP contribution in [0.3, 0.4) is 0 Å². The molecule has 0 bridgehead atoms. The van der Waals surface area contributed by atoms with Crippen molar-refractivity contribution in [3.63, 3.8) is 0 Å². The molecule has 11 heteroatoms. The fourth-order valence-corrected chi connectivity index (χ4v) is 4.31. The highest BCUT2D eigenvalue weighted by Crippen LogP contribution is 2.28. The monoisotopic (exact) mass is 480 g/mol. The summed E-state index contributed by atoms with van der Waals surface area (Å²) in [5.74, 6) is -3.04. The largest absolute Gasteiger partial charge is 0.350 e. The van der Waals surface area contributed by atoms with E-state index < -0.39 is 5.76 Å². The quantitative estimate of drug-likeness (QED) is 0.358. The van der Waals surface area contributed by atoms with E-state index in [0.29, 0.717) is 34.1 Å². The zero-order valence-corrected chi connectivity index (χ0v) is 18.5. The van der Waals surface area contributed by atoms with Gasteiger partial charge < -0.3 is 9.88 Å². The minimum Gasteiger partial charge on any atom is -0.325 e. The van der Waals surface area contributed by atoms with Crippen LogP contribution in [0.5, 0.6) is 0 Å². The lowest BCUT2D eigenvalue weighted by Gasteiger charge is -2.10. The minimum absolute atomic E-state index is 0.0753. The number of carbonyl (C=O) groups excluding carboxylic acids is 1. The van der Waals surface area contributed by atoms with E-state index in [1.54, 1.807) is 66.9 Å². The maximum atomic E-state index is 13.0. The van der Waals surface area contributed by atoms with Crippen molar-refractivity contribution in [1.29, 1.82) is 0 Å². The zero-order valence-electron chi connectivity index (χ0n) is 17.6. The van der Waals surface area contributed by atoms with Crippen molar-refractivity contribution >= 4 is 40.0 Å². The van der Waals surface area contributed by atoms with Gasteiger partial charge in [0.1, 0.15) is 6.54 Å². The summed E-state index contributed by atoms with van der Waals surface area (Å²) in [7, 11) is 0. The van der Waals surface area contributed by atoms with Gasteiger partial charge in [0.25, 0.3) is 5.76 Å². The lowest BCUT2D eigenvalue weighted by Crippen LogP contribution is -2.22. The van der Waals surface area contributed by atoms with Crippen molar-refractivity contribution in [2.75, 3.05) is 5.32 Å². The Hall–Kier alpha value is -3.99. The predicted molar refractivity (Wildman–Crippen MR) is 125 cm³/mol. The molecule has 3 heterocycles. The van der Waals surface area contributed by atoms with Crippen LogP contribution >= 0.6 is 11.8 Å². The Bertz CT molecular complexity index is 1560. The molecule has 5 aromatic rings. The number of amides is 1. The summed E-state index contributed by atoms with van der Waals surface area (Å²) in [5, 5.41) is 7.19. The van der Waals surface area contributed by atoms with Gasteiger partial charge in [-0.15, -0.1) is 5.10 Å². The molecule has 1 N–H and O–H groups in total. The van der Waals surface area contributed by atoms with Gasteiger partial charge in [-0.1, -0.05) is 30.3 Å². The summed E-state index contributed by atoms with van der Waals surface area (Å²) in [4.78, 5) is 29.5. The average molecular weight is 481 g/mol. The first-order valence-corrected chi connectivity index (χ1v) is 11.2. The first kappa shape index (κ1) is 21.8. The van der Waals surface area contributed by atoms with Gasteiger partial charge in [0, 0.05) is 11.9 Å². The number of nitrogens with one attached hydrogen (secondary N) is 1. The van der Waals surface area contributed by atoms with Crippen LogP contribution in [0.4, 0.5) is 14.5 Å². The number of thioether (sulfide) groups is 1. The minimum atomic E-state index is -2.65. The molecule has 0 aliphatic heterocycles. The maximum absolute atomic E-state index is 13.0. The molecule has 0 fully saturated rings. The summed E-state index contributed by atoms with van der Waals surface area (Å²) >= 11 is 0.303. The number of nitrogens with zero attached hydrogens (tertiary/aromatic N) is 5. The van der Waals surface area contributed by atoms with E-state index in [9.17, 15) is 18.4 Å². The maximum Gasteiger partial charge on any atom is 0.350 e. The summed E-state index contributed by atoms with van der Waals surface area (Å²) in [6, 6.07) is 19.3. The van der Waals surface area contributed by atoms with Crippen molar-refractivity contribution in [2.24, 2.45) is 0 Å². The predicted octanol–water partition coefficient (Wildman–Crippen LogP) is 3.85. The van der Waals surface area contributed by atoms with Crippen molar-refractivity contribution in [3.05, 3.63) is 89.0 Å². The Morgan fingerprint density at radius 3 is 2.71 bits per heavy atom. The van der Waals surface area contributed by atoms with Gasteiger partial charge >= 0.3 is 5.69 Å². The molecule has 0 unspecified atom stereocenters. The van der Waals surface area contributed by atoms with Crippen molar-refractivity contribution in [1.82, 2.24) is 23.7 Å². The Morgan fingerprint density at radius 1 is 1.06 bits per heavy atom. The molecule has 0 aliphatic carbocycles. The van der Waals surface area contributed by atoms with E-state index in [2.05, 4.69) is 15.4 Å². The lowest BCUT2D eigenvalue weighted by atomic mass is 10.2. The number of aromatic nitrogens is 5. The summed E-state index contributed by atoms with van der Waals surface area (Å²) in [6.45, 7) is 0.0528. The first-order valence-electron chi connectivity index (χ1n) is 10.3. The molecule has 5 rings (SSSR count). The highest BCUT2D eigenvalue weighted by molar-refractivity contribution is 7.99. The second kappa shape index (κ2) is 9.10. The molecule has 2 aromatic carbocycles. The molecule has 0 saturated carbocycles. The van der Waals surface area contributed by atoms with E-state index in [-0.39, 0.29) is 29.8 Å². The van der Waals surface area contributed by atoms with E-state index >= 15 is 0 Å². The van der Waals surface area contributed by atoms with Gasteiger partial charge in [-0.05, 0) is 53.7 Å². The number of hydrogen-bond acceptors (Lipinski definition) is 5. The SMILES string of the molecule is O=C(Cn1c(SC(F)F)nc2ccccc21)Nc1cccc(Cn2nc3ccccn3c2=O)c1. The Morgan fingerprint density at radius 2 is 1.88 bits per heavy atom. The standard InChI is InChI=1S/C23H18F2N6O2S/c24-21(25)34-22-27-17-8-1-2-9-18(17)30(22)14-20(32)26-16-7-5-6-15(12-16)13-31-23(33)29-11-4-3-10-19(29)28-31/h1-12,21H,13-14H2,(H,26,32). The van der Waals surface area contributed by atoms with Crippen LogP contribution in [0.1, 0.15) is 5.56 Å². The van der Waals surface area contributed by atoms with Gasteiger partial charge in [-0.3, -0.25) is 9.20 Å². The third-order valence-corrected chi connectivity index (χ3v) is 5.85. The van der Waals surface area contributed by atoms with Gasteiger partial charge in [-0.2, -0.15) is 8.78 Å². The Labute approximate surface area is 195 Å².